The van der Waals surface area contributed by atoms with Crippen molar-refractivity contribution in [3.05, 3.63) is 30.1 Å². The topological polar surface area (TPSA) is 17.8 Å². The molecule has 3 rings (SSSR count). The molecule has 1 aliphatic heterocycles. The van der Waals surface area contributed by atoms with Crippen molar-refractivity contribution in [3.8, 4) is 0 Å². The molecule has 0 N–H and O–H groups in total. The van der Waals surface area contributed by atoms with Gasteiger partial charge in [-0.15, -0.1) is 11.6 Å². The highest BCUT2D eigenvalue weighted by Gasteiger charge is 2.23. The first kappa shape index (κ1) is 12.4. The van der Waals surface area contributed by atoms with Crippen LogP contribution in [0.1, 0.15) is 37.0 Å². The fourth-order valence-electron chi connectivity index (χ4n) is 2.65. The number of imidazole rings is 1. The molecule has 18 heavy (non-hydrogen) atoms. The fourth-order valence-corrected chi connectivity index (χ4v) is 3.93. The van der Waals surface area contributed by atoms with Crippen LogP contribution in [-0.2, 0) is 0 Å². The molecule has 4 heteroatoms. The predicted octanol–water partition coefficient (Wildman–Crippen LogP) is 4.40. The molecule has 0 radical (unpaired) electrons. The Kier molecular flexibility index (Phi) is 3.53. The van der Waals surface area contributed by atoms with Gasteiger partial charge in [-0.1, -0.05) is 12.1 Å². The summed E-state index contributed by atoms with van der Waals surface area (Å²) in [6, 6.07) is 8.90. The van der Waals surface area contributed by atoms with Crippen LogP contribution in [0.3, 0.4) is 0 Å². The van der Waals surface area contributed by atoms with Crippen molar-refractivity contribution in [2.45, 2.75) is 31.2 Å². The SMILES string of the molecule is CC(Cl)c1nc2ccccc2n1C1CCCSC1. The van der Waals surface area contributed by atoms with Crippen molar-refractivity contribution in [3.63, 3.8) is 0 Å². The molecule has 0 saturated carbocycles. The number of thioether (sulfide) groups is 1. The summed E-state index contributed by atoms with van der Waals surface area (Å²) in [4.78, 5) is 4.71. The quantitative estimate of drug-likeness (QED) is 0.759. The van der Waals surface area contributed by atoms with Crippen molar-refractivity contribution in [1.29, 1.82) is 0 Å². The largest absolute Gasteiger partial charge is 0.323 e. The lowest BCUT2D eigenvalue weighted by Gasteiger charge is -2.25. The zero-order chi connectivity index (χ0) is 12.5. The van der Waals surface area contributed by atoms with E-state index in [-0.39, 0.29) is 5.38 Å². The predicted molar refractivity (Wildman–Crippen MR) is 79.6 cm³/mol. The van der Waals surface area contributed by atoms with Gasteiger partial charge in [0, 0.05) is 11.8 Å². The van der Waals surface area contributed by atoms with Gasteiger partial charge in [0.1, 0.15) is 5.82 Å². The van der Waals surface area contributed by atoms with Gasteiger partial charge in [0.25, 0.3) is 0 Å². The first-order valence-electron chi connectivity index (χ1n) is 6.46. The van der Waals surface area contributed by atoms with E-state index in [2.05, 4.69) is 22.8 Å². The molecule has 0 aliphatic carbocycles. The molecule has 0 spiro atoms. The number of hydrogen-bond donors (Lipinski definition) is 0. The molecule has 1 aliphatic rings. The van der Waals surface area contributed by atoms with E-state index >= 15 is 0 Å². The van der Waals surface area contributed by atoms with Gasteiger partial charge in [0.2, 0.25) is 0 Å². The van der Waals surface area contributed by atoms with Crippen molar-refractivity contribution in [1.82, 2.24) is 9.55 Å². The lowest BCUT2D eigenvalue weighted by Crippen LogP contribution is -2.18. The summed E-state index contributed by atoms with van der Waals surface area (Å²) < 4.78 is 2.37. The molecule has 1 saturated heterocycles. The molecule has 2 heterocycles. The van der Waals surface area contributed by atoms with E-state index < -0.39 is 0 Å². The molecular formula is C14H17ClN2S. The van der Waals surface area contributed by atoms with Crippen LogP contribution in [0.2, 0.25) is 0 Å². The summed E-state index contributed by atoms with van der Waals surface area (Å²) in [5, 5.41) is -0.0377. The molecule has 0 bridgehead atoms. The molecule has 1 fully saturated rings. The summed E-state index contributed by atoms with van der Waals surface area (Å²) in [5.41, 5.74) is 2.29. The molecule has 1 aromatic carbocycles. The highest BCUT2D eigenvalue weighted by Crippen LogP contribution is 2.34. The highest BCUT2D eigenvalue weighted by molar-refractivity contribution is 7.99. The van der Waals surface area contributed by atoms with E-state index in [1.165, 1.54) is 29.9 Å². The van der Waals surface area contributed by atoms with E-state index in [0.717, 1.165) is 11.3 Å². The van der Waals surface area contributed by atoms with E-state index in [1.54, 1.807) is 0 Å². The average Bonchev–Trinajstić information content (AvgIpc) is 2.79. The normalized spacial score (nSPS) is 22.2. The van der Waals surface area contributed by atoms with Crippen LogP contribution < -0.4 is 0 Å². The number of benzene rings is 1. The first-order chi connectivity index (χ1) is 8.77. The third-order valence-electron chi connectivity index (χ3n) is 3.48. The Labute approximate surface area is 117 Å². The number of halogens is 1. The van der Waals surface area contributed by atoms with Gasteiger partial charge in [0.15, 0.2) is 0 Å². The van der Waals surface area contributed by atoms with Crippen LogP contribution in [0.25, 0.3) is 11.0 Å². The zero-order valence-electron chi connectivity index (χ0n) is 10.5. The van der Waals surface area contributed by atoms with Crippen LogP contribution in [-0.4, -0.2) is 21.1 Å². The van der Waals surface area contributed by atoms with Crippen molar-refractivity contribution >= 4 is 34.4 Å². The second-order valence-electron chi connectivity index (χ2n) is 4.82. The third-order valence-corrected chi connectivity index (χ3v) is 4.87. The molecule has 1 aromatic heterocycles. The van der Waals surface area contributed by atoms with Crippen molar-refractivity contribution in [2.24, 2.45) is 0 Å². The smallest absolute Gasteiger partial charge is 0.127 e. The fraction of sp³-hybridized carbons (Fsp3) is 0.500. The van der Waals surface area contributed by atoms with Crippen LogP contribution in [0.15, 0.2) is 24.3 Å². The molecule has 2 unspecified atom stereocenters. The van der Waals surface area contributed by atoms with E-state index in [4.69, 9.17) is 16.6 Å². The number of fused-ring (bicyclic) bond motifs is 1. The summed E-state index contributed by atoms with van der Waals surface area (Å²) in [6.45, 7) is 2.01. The number of para-hydroxylation sites is 2. The lowest BCUT2D eigenvalue weighted by molar-refractivity contribution is 0.493. The number of aromatic nitrogens is 2. The summed E-state index contributed by atoms with van der Waals surface area (Å²) in [7, 11) is 0. The van der Waals surface area contributed by atoms with Gasteiger partial charge in [-0.25, -0.2) is 4.98 Å². The minimum absolute atomic E-state index is 0.0377. The Morgan fingerprint density at radius 1 is 1.44 bits per heavy atom. The second kappa shape index (κ2) is 5.14. The molecule has 2 nitrogen and oxygen atoms in total. The van der Waals surface area contributed by atoms with Crippen LogP contribution in [0.4, 0.5) is 0 Å². The maximum atomic E-state index is 6.31. The van der Waals surface area contributed by atoms with E-state index in [1.807, 2.05) is 24.8 Å². The van der Waals surface area contributed by atoms with Crippen LogP contribution in [0, 0.1) is 0 Å². The maximum absolute atomic E-state index is 6.31. The Morgan fingerprint density at radius 2 is 2.28 bits per heavy atom. The lowest BCUT2D eigenvalue weighted by atomic mass is 10.1. The second-order valence-corrected chi connectivity index (χ2v) is 6.62. The van der Waals surface area contributed by atoms with Gasteiger partial charge in [-0.05, 0) is 37.7 Å². The Morgan fingerprint density at radius 3 is 3.00 bits per heavy atom. The number of hydrogen-bond acceptors (Lipinski definition) is 2. The molecule has 0 amide bonds. The zero-order valence-corrected chi connectivity index (χ0v) is 12.0. The van der Waals surface area contributed by atoms with E-state index in [0.29, 0.717) is 6.04 Å². The summed E-state index contributed by atoms with van der Waals surface area (Å²) >= 11 is 8.35. The van der Waals surface area contributed by atoms with Gasteiger partial charge in [-0.3, -0.25) is 0 Å². The van der Waals surface area contributed by atoms with Gasteiger partial charge in [0.05, 0.1) is 16.4 Å². The van der Waals surface area contributed by atoms with Crippen molar-refractivity contribution in [2.75, 3.05) is 11.5 Å². The first-order valence-corrected chi connectivity index (χ1v) is 8.05. The number of rotatable bonds is 2. The Bertz CT molecular complexity index is 544. The summed E-state index contributed by atoms with van der Waals surface area (Å²) in [6.07, 6.45) is 2.53. The average molecular weight is 281 g/mol. The molecule has 2 atom stereocenters. The third kappa shape index (κ3) is 2.14. The Hall–Kier alpha value is -0.670. The summed E-state index contributed by atoms with van der Waals surface area (Å²) in [5.74, 6) is 3.48. The number of nitrogens with zero attached hydrogens (tertiary/aromatic N) is 2. The molecular weight excluding hydrogens is 264 g/mol. The van der Waals surface area contributed by atoms with Crippen LogP contribution in [0.5, 0.6) is 0 Å². The Balaban J connectivity index is 2.14. The minimum atomic E-state index is -0.0377. The maximum Gasteiger partial charge on any atom is 0.127 e. The number of alkyl halides is 1. The highest BCUT2D eigenvalue weighted by atomic mass is 35.5. The van der Waals surface area contributed by atoms with Gasteiger partial charge >= 0.3 is 0 Å². The molecule has 2 aromatic rings. The monoisotopic (exact) mass is 280 g/mol. The molecule has 96 valence electrons. The minimum Gasteiger partial charge on any atom is -0.323 e. The van der Waals surface area contributed by atoms with Crippen molar-refractivity contribution < 1.29 is 0 Å². The van der Waals surface area contributed by atoms with Crippen LogP contribution >= 0.6 is 23.4 Å². The van der Waals surface area contributed by atoms with Gasteiger partial charge < -0.3 is 4.57 Å². The standard InChI is InChI=1S/C14H17ClN2S/c1-10(15)14-16-12-6-2-3-7-13(12)17(14)11-5-4-8-18-9-11/h2-3,6-7,10-11H,4-5,8-9H2,1H3. The van der Waals surface area contributed by atoms with Gasteiger partial charge in [-0.2, -0.15) is 11.8 Å². The van der Waals surface area contributed by atoms with E-state index in [9.17, 15) is 0 Å².